The van der Waals surface area contributed by atoms with Crippen molar-refractivity contribution in [3.05, 3.63) is 50.2 Å². The van der Waals surface area contributed by atoms with Crippen molar-refractivity contribution in [2.75, 3.05) is 6.54 Å². The number of nitrogens with one attached hydrogen (secondary N) is 1. The van der Waals surface area contributed by atoms with E-state index in [0.29, 0.717) is 10.6 Å². The summed E-state index contributed by atoms with van der Waals surface area (Å²) in [5, 5.41) is 4.64. The van der Waals surface area contributed by atoms with E-state index in [9.17, 15) is 4.39 Å². The summed E-state index contributed by atoms with van der Waals surface area (Å²) in [7, 11) is 0. The third kappa shape index (κ3) is 3.19. The number of nitrogens with zero attached hydrogens (tertiary/aromatic N) is 1. The second kappa shape index (κ2) is 6.66. The zero-order chi connectivity index (χ0) is 14.7. The third-order valence-electron chi connectivity index (χ3n) is 3.18. The molecule has 20 heavy (non-hydrogen) atoms. The Labute approximate surface area is 128 Å². The molecule has 0 saturated carbocycles. The standard InChI is InChI=1S/C15H18ClFN2S/c1-4-8-18-14(15-19-9(2)10(3)20-15)13-11(16)6-5-7-12(13)17/h5-7,14,18H,4,8H2,1-3H3. The summed E-state index contributed by atoms with van der Waals surface area (Å²) in [6.45, 7) is 6.85. The summed E-state index contributed by atoms with van der Waals surface area (Å²) in [5.41, 5.74) is 1.47. The molecule has 1 aromatic heterocycles. The number of rotatable bonds is 5. The second-order valence-electron chi connectivity index (χ2n) is 4.72. The van der Waals surface area contributed by atoms with Crippen LogP contribution in [0.4, 0.5) is 4.39 Å². The first-order chi connectivity index (χ1) is 9.54. The fourth-order valence-electron chi connectivity index (χ4n) is 2.01. The van der Waals surface area contributed by atoms with Gasteiger partial charge in [-0.25, -0.2) is 9.37 Å². The van der Waals surface area contributed by atoms with E-state index in [4.69, 9.17) is 11.6 Å². The smallest absolute Gasteiger partial charge is 0.129 e. The van der Waals surface area contributed by atoms with Crippen molar-refractivity contribution < 1.29 is 4.39 Å². The molecule has 108 valence electrons. The monoisotopic (exact) mass is 312 g/mol. The van der Waals surface area contributed by atoms with Crippen molar-refractivity contribution in [2.24, 2.45) is 0 Å². The van der Waals surface area contributed by atoms with Crippen molar-refractivity contribution in [1.29, 1.82) is 0 Å². The predicted molar refractivity (Wildman–Crippen MR) is 83.1 cm³/mol. The topological polar surface area (TPSA) is 24.9 Å². The second-order valence-corrected chi connectivity index (χ2v) is 6.36. The van der Waals surface area contributed by atoms with Crippen LogP contribution in [0.2, 0.25) is 5.02 Å². The molecular weight excluding hydrogens is 295 g/mol. The highest BCUT2D eigenvalue weighted by Gasteiger charge is 2.23. The van der Waals surface area contributed by atoms with Gasteiger partial charge in [0.1, 0.15) is 10.8 Å². The van der Waals surface area contributed by atoms with Crippen LogP contribution in [-0.4, -0.2) is 11.5 Å². The van der Waals surface area contributed by atoms with Crippen LogP contribution in [0.1, 0.15) is 40.5 Å². The van der Waals surface area contributed by atoms with Crippen molar-refractivity contribution in [3.63, 3.8) is 0 Å². The number of hydrogen-bond acceptors (Lipinski definition) is 3. The van der Waals surface area contributed by atoms with Crippen molar-refractivity contribution >= 4 is 22.9 Å². The van der Waals surface area contributed by atoms with E-state index in [2.05, 4.69) is 17.2 Å². The van der Waals surface area contributed by atoms with Gasteiger partial charge in [0.05, 0.1) is 11.7 Å². The summed E-state index contributed by atoms with van der Waals surface area (Å²) in [5.74, 6) is -0.295. The van der Waals surface area contributed by atoms with Gasteiger partial charge in [-0.15, -0.1) is 11.3 Å². The lowest BCUT2D eigenvalue weighted by Gasteiger charge is -2.18. The number of hydrogen-bond donors (Lipinski definition) is 1. The fraction of sp³-hybridized carbons (Fsp3) is 0.400. The molecule has 2 rings (SSSR count). The van der Waals surface area contributed by atoms with E-state index in [0.717, 1.165) is 28.5 Å². The average Bonchev–Trinajstić information content (AvgIpc) is 2.73. The van der Waals surface area contributed by atoms with Crippen LogP contribution >= 0.6 is 22.9 Å². The first kappa shape index (κ1) is 15.4. The molecule has 0 saturated heterocycles. The third-order valence-corrected chi connectivity index (χ3v) is 4.65. The highest BCUT2D eigenvalue weighted by atomic mass is 35.5. The molecule has 0 aliphatic rings. The van der Waals surface area contributed by atoms with Gasteiger partial charge < -0.3 is 5.32 Å². The summed E-state index contributed by atoms with van der Waals surface area (Å²) < 4.78 is 14.2. The van der Waals surface area contributed by atoms with E-state index < -0.39 is 0 Å². The molecule has 0 bridgehead atoms. The van der Waals surface area contributed by atoms with Gasteiger partial charge >= 0.3 is 0 Å². The van der Waals surface area contributed by atoms with Gasteiger partial charge in [0.15, 0.2) is 0 Å². The van der Waals surface area contributed by atoms with E-state index in [-0.39, 0.29) is 11.9 Å². The van der Waals surface area contributed by atoms with Crippen LogP contribution in [0.3, 0.4) is 0 Å². The Morgan fingerprint density at radius 3 is 2.70 bits per heavy atom. The Morgan fingerprint density at radius 1 is 1.40 bits per heavy atom. The Balaban J connectivity index is 2.47. The highest BCUT2D eigenvalue weighted by Crippen LogP contribution is 2.33. The van der Waals surface area contributed by atoms with Crippen LogP contribution in [0.5, 0.6) is 0 Å². The van der Waals surface area contributed by atoms with Crippen LogP contribution in [0.25, 0.3) is 0 Å². The molecule has 0 aliphatic carbocycles. The fourth-order valence-corrected chi connectivity index (χ4v) is 3.29. The van der Waals surface area contributed by atoms with Gasteiger partial charge in [-0.2, -0.15) is 0 Å². The van der Waals surface area contributed by atoms with Gasteiger partial charge in [0.25, 0.3) is 0 Å². The largest absolute Gasteiger partial charge is 0.304 e. The molecule has 0 spiro atoms. The lowest BCUT2D eigenvalue weighted by Crippen LogP contribution is -2.24. The van der Waals surface area contributed by atoms with Crippen LogP contribution < -0.4 is 5.32 Å². The summed E-state index contributed by atoms with van der Waals surface area (Å²) in [4.78, 5) is 5.70. The first-order valence-electron chi connectivity index (χ1n) is 6.65. The summed E-state index contributed by atoms with van der Waals surface area (Å²) in [6.07, 6.45) is 0.964. The average molecular weight is 313 g/mol. The van der Waals surface area contributed by atoms with Gasteiger partial charge in [-0.3, -0.25) is 0 Å². The molecule has 1 heterocycles. The van der Waals surface area contributed by atoms with Crippen molar-refractivity contribution in [1.82, 2.24) is 10.3 Å². The predicted octanol–water partition coefficient (Wildman–Crippen LogP) is 4.64. The summed E-state index contributed by atoms with van der Waals surface area (Å²) in [6, 6.07) is 4.49. The van der Waals surface area contributed by atoms with Gasteiger partial charge in [-0.1, -0.05) is 24.6 Å². The normalized spacial score (nSPS) is 12.7. The molecule has 1 aromatic carbocycles. The molecule has 0 fully saturated rings. The maximum absolute atomic E-state index is 14.2. The quantitative estimate of drug-likeness (QED) is 0.870. The molecular formula is C15H18ClFN2S. The first-order valence-corrected chi connectivity index (χ1v) is 7.85. The van der Waals surface area contributed by atoms with E-state index >= 15 is 0 Å². The van der Waals surface area contributed by atoms with Crippen molar-refractivity contribution in [3.8, 4) is 0 Å². The summed E-state index contributed by atoms with van der Waals surface area (Å²) >= 11 is 7.78. The van der Waals surface area contributed by atoms with Crippen LogP contribution in [0, 0.1) is 19.7 Å². The molecule has 2 nitrogen and oxygen atoms in total. The minimum atomic E-state index is -0.295. The van der Waals surface area contributed by atoms with E-state index in [1.807, 2.05) is 13.8 Å². The molecule has 1 unspecified atom stereocenters. The number of thiazole rings is 1. The molecule has 0 radical (unpaired) electrons. The van der Waals surface area contributed by atoms with Crippen LogP contribution in [0.15, 0.2) is 18.2 Å². The molecule has 5 heteroatoms. The van der Waals surface area contributed by atoms with E-state index in [1.54, 1.807) is 23.5 Å². The minimum Gasteiger partial charge on any atom is -0.304 e. The molecule has 2 aromatic rings. The zero-order valence-electron chi connectivity index (χ0n) is 11.8. The van der Waals surface area contributed by atoms with Gasteiger partial charge in [0, 0.05) is 15.5 Å². The Bertz CT molecular complexity index is 558. The molecule has 1 atom stereocenters. The Kier molecular flexibility index (Phi) is 5.13. The number of benzene rings is 1. The molecule has 1 N–H and O–H groups in total. The SMILES string of the molecule is CCCNC(c1nc(C)c(C)s1)c1c(F)cccc1Cl. The lowest BCUT2D eigenvalue weighted by molar-refractivity contribution is 0.545. The maximum Gasteiger partial charge on any atom is 0.129 e. The van der Waals surface area contributed by atoms with Gasteiger partial charge in [0.2, 0.25) is 0 Å². The molecule has 0 aliphatic heterocycles. The zero-order valence-corrected chi connectivity index (χ0v) is 13.4. The van der Waals surface area contributed by atoms with E-state index in [1.165, 1.54) is 6.07 Å². The number of halogens is 2. The van der Waals surface area contributed by atoms with Crippen LogP contribution in [-0.2, 0) is 0 Å². The minimum absolute atomic E-state index is 0.291. The Morgan fingerprint density at radius 2 is 2.15 bits per heavy atom. The number of aryl methyl sites for hydroxylation is 2. The molecule has 0 amide bonds. The van der Waals surface area contributed by atoms with Crippen molar-refractivity contribution in [2.45, 2.75) is 33.2 Å². The Hall–Kier alpha value is -0.970. The highest BCUT2D eigenvalue weighted by molar-refractivity contribution is 7.11. The number of aromatic nitrogens is 1. The lowest BCUT2D eigenvalue weighted by atomic mass is 10.1. The maximum atomic E-state index is 14.2. The van der Waals surface area contributed by atoms with Gasteiger partial charge in [-0.05, 0) is 38.9 Å².